The lowest BCUT2D eigenvalue weighted by molar-refractivity contribution is -0.138. The summed E-state index contributed by atoms with van der Waals surface area (Å²) in [6.07, 6.45) is 0. The highest BCUT2D eigenvalue weighted by atomic mass is 35.5. The molecule has 1 atom stereocenters. The fourth-order valence-electron chi connectivity index (χ4n) is 3.72. The number of benzene rings is 2. The second-order valence-electron chi connectivity index (χ2n) is 7.47. The van der Waals surface area contributed by atoms with Crippen LogP contribution in [-0.2, 0) is 14.3 Å². The van der Waals surface area contributed by atoms with Gasteiger partial charge < -0.3 is 15.2 Å². The molecule has 7 nitrogen and oxygen atoms in total. The Hall–Kier alpha value is -2.45. The number of halogens is 1. The highest BCUT2D eigenvalue weighted by Gasteiger charge is 2.26. The molecule has 166 valence electrons. The summed E-state index contributed by atoms with van der Waals surface area (Å²) >= 11 is 6.10. The van der Waals surface area contributed by atoms with Crippen LogP contribution < -0.4 is 5.32 Å². The lowest BCUT2D eigenvalue weighted by Gasteiger charge is -2.39. The highest BCUT2D eigenvalue weighted by molar-refractivity contribution is 6.30. The predicted molar refractivity (Wildman–Crippen MR) is 119 cm³/mol. The molecule has 2 aromatic carbocycles. The van der Waals surface area contributed by atoms with Crippen LogP contribution in [0.3, 0.4) is 0 Å². The van der Waals surface area contributed by atoms with Crippen LogP contribution >= 0.6 is 11.6 Å². The molecule has 8 heteroatoms. The maximum Gasteiger partial charge on any atom is 0.322 e. The van der Waals surface area contributed by atoms with E-state index in [-0.39, 0.29) is 19.2 Å². The van der Waals surface area contributed by atoms with Gasteiger partial charge in [-0.1, -0.05) is 54.1 Å². The van der Waals surface area contributed by atoms with E-state index in [0.717, 1.165) is 37.7 Å². The van der Waals surface area contributed by atoms with Gasteiger partial charge in [-0.3, -0.25) is 19.4 Å². The zero-order valence-electron chi connectivity index (χ0n) is 17.4. The second-order valence-corrected chi connectivity index (χ2v) is 7.90. The molecule has 0 saturated carbocycles. The van der Waals surface area contributed by atoms with Crippen molar-refractivity contribution in [1.29, 1.82) is 0 Å². The van der Waals surface area contributed by atoms with Crippen LogP contribution in [0.1, 0.15) is 17.2 Å². The molecule has 31 heavy (non-hydrogen) atoms. The van der Waals surface area contributed by atoms with Crippen molar-refractivity contribution in [3.63, 3.8) is 0 Å². The Balaban J connectivity index is 1.49. The lowest BCUT2D eigenvalue weighted by atomic mass is 9.96. The van der Waals surface area contributed by atoms with Crippen LogP contribution in [0.2, 0.25) is 5.02 Å². The van der Waals surface area contributed by atoms with Gasteiger partial charge in [0.2, 0.25) is 5.91 Å². The maximum atomic E-state index is 11.5. The first-order valence-electron chi connectivity index (χ1n) is 10.4. The van der Waals surface area contributed by atoms with Gasteiger partial charge in [-0.05, 0) is 23.3 Å². The Morgan fingerprint density at radius 3 is 2.29 bits per heavy atom. The van der Waals surface area contributed by atoms with E-state index >= 15 is 0 Å². The third-order valence-electron chi connectivity index (χ3n) is 5.29. The summed E-state index contributed by atoms with van der Waals surface area (Å²) in [6, 6.07) is 18.7. The Morgan fingerprint density at radius 1 is 1.00 bits per heavy atom. The van der Waals surface area contributed by atoms with Gasteiger partial charge in [0.15, 0.2) is 0 Å². The van der Waals surface area contributed by atoms with Gasteiger partial charge in [-0.15, -0.1) is 0 Å². The molecule has 1 aliphatic rings. The Morgan fingerprint density at radius 2 is 1.65 bits per heavy atom. The van der Waals surface area contributed by atoms with Crippen molar-refractivity contribution < 1.29 is 19.4 Å². The number of carboxylic acids is 1. The molecule has 1 aliphatic heterocycles. The summed E-state index contributed by atoms with van der Waals surface area (Å²) in [5.41, 5.74) is 2.48. The largest absolute Gasteiger partial charge is 0.480 e. The van der Waals surface area contributed by atoms with Gasteiger partial charge >= 0.3 is 5.97 Å². The third-order valence-corrected chi connectivity index (χ3v) is 5.55. The molecule has 2 N–H and O–H groups in total. The van der Waals surface area contributed by atoms with Crippen LogP contribution in [-0.4, -0.2) is 79.3 Å². The average Bonchev–Trinajstić information content (AvgIpc) is 2.78. The van der Waals surface area contributed by atoms with E-state index in [0.29, 0.717) is 6.61 Å². The van der Waals surface area contributed by atoms with Crippen molar-refractivity contribution in [1.82, 2.24) is 15.1 Å². The number of rotatable bonds is 10. The van der Waals surface area contributed by atoms with Gasteiger partial charge in [0.05, 0.1) is 12.6 Å². The van der Waals surface area contributed by atoms with Crippen molar-refractivity contribution in [2.45, 2.75) is 6.04 Å². The van der Waals surface area contributed by atoms with Gasteiger partial charge in [0, 0.05) is 37.7 Å². The van der Waals surface area contributed by atoms with Crippen molar-refractivity contribution >= 4 is 23.5 Å². The van der Waals surface area contributed by atoms with Crippen LogP contribution in [0.5, 0.6) is 0 Å². The number of nitrogens with one attached hydrogen (secondary N) is 1. The van der Waals surface area contributed by atoms with Gasteiger partial charge in [0.1, 0.15) is 13.2 Å². The molecule has 1 unspecified atom stereocenters. The van der Waals surface area contributed by atoms with E-state index in [2.05, 4.69) is 51.5 Å². The molecule has 1 fully saturated rings. The van der Waals surface area contributed by atoms with Gasteiger partial charge in [0.25, 0.3) is 0 Å². The van der Waals surface area contributed by atoms with Gasteiger partial charge in [-0.2, -0.15) is 0 Å². The number of carbonyl (C=O) groups excluding carboxylic acids is 1. The molecule has 1 amide bonds. The molecule has 0 bridgehead atoms. The summed E-state index contributed by atoms with van der Waals surface area (Å²) in [5, 5.41) is 11.6. The van der Waals surface area contributed by atoms with Gasteiger partial charge in [-0.25, -0.2) is 0 Å². The molecule has 0 aromatic heterocycles. The molecular weight excluding hydrogens is 418 g/mol. The zero-order chi connectivity index (χ0) is 22.1. The fraction of sp³-hybridized carbons (Fsp3) is 0.391. The van der Waals surface area contributed by atoms with Crippen molar-refractivity contribution in [2.24, 2.45) is 0 Å². The van der Waals surface area contributed by atoms with E-state index in [1.807, 2.05) is 18.2 Å². The average molecular weight is 446 g/mol. The summed E-state index contributed by atoms with van der Waals surface area (Å²) in [6.45, 7) is 4.30. The minimum Gasteiger partial charge on any atom is -0.480 e. The number of carbonyl (C=O) groups is 2. The number of nitrogens with zero attached hydrogens (tertiary/aromatic N) is 2. The number of amides is 1. The zero-order valence-corrected chi connectivity index (χ0v) is 18.1. The summed E-state index contributed by atoms with van der Waals surface area (Å²) < 4.78 is 5.38. The molecular formula is C23H28ClN3O4. The normalized spacial score (nSPS) is 16.0. The first-order chi connectivity index (χ1) is 15.0. The fourth-order valence-corrected chi connectivity index (χ4v) is 3.85. The summed E-state index contributed by atoms with van der Waals surface area (Å²) in [7, 11) is 0. The number of piperazine rings is 1. The van der Waals surface area contributed by atoms with E-state index in [1.165, 1.54) is 11.1 Å². The number of aliphatic carboxylic acids is 1. The number of ether oxygens (including phenoxy) is 1. The monoisotopic (exact) mass is 445 g/mol. The molecule has 0 aliphatic carbocycles. The topological polar surface area (TPSA) is 82.1 Å². The highest BCUT2D eigenvalue weighted by Crippen LogP contribution is 2.30. The van der Waals surface area contributed by atoms with Crippen LogP contribution in [0, 0.1) is 0 Å². The van der Waals surface area contributed by atoms with Crippen molar-refractivity contribution in [2.75, 3.05) is 52.5 Å². The van der Waals surface area contributed by atoms with E-state index in [1.54, 1.807) is 0 Å². The number of hydrogen-bond donors (Lipinski definition) is 2. The first-order valence-corrected chi connectivity index (χ1v) is 10.7. The lowest BCUT2D eigenvalue weighted by Crippen LogP contribution is -2.48. The molecule has 0 radical (unpaired) electrons. The molecule has 1 heterocycles. The number of hydrogen-bond acceptors (Lipinski definition) is 5. The molecule has 3 rings (SSSR count). The van der Waals surface area contributed by atoms with Crippen molar-refractivity contribution in [3.05, 3.63) is 70.7 Å². The Bertz CT molecular complexity index is 840. The first kappa shape index (κ1) is 23.2. The third kappa shape index (κ3) is 7.33. The quantitative estimate of drug-likeness (QED) is 0.546. The Labute approximate surface area is 187 Å². The smallest absolute Gasteiger partial charge is 0.322 e. The van der Waals surface area contributed by atoms with Crippen LogP contribution in [0.4, 0.5) is 0 Å². The maximum absolute atomic E-state index is 11.5. The Kier molecular flexibility index (Phi) is 8.85. The van der Waals surface area contributed by atoms with Crippen molar-refractivity contribution in [3.8, 4) is 0 Å². The number of carboxylic acid groups (broad SMARTS) is 1. The molecule has 1 saturated heterocycles. The summed E-state index contributed by atoms with van der Waals surface area (Å²) in [5.74, 6) is -1.49. The second kappa shape index (κ2) is 11.8. The minimum absolute atomic E-state index is 0.125. The van der Waals surface area contributed by atoms with Crippen LogP contribution in [0.15, 0.2) is 54.6 Å². The molecule has 0 spiro atoms. The summed E-state index contributed by atoms with van der Waals surface area (Å²) in [4.78, 5) is 26.7. The minimum atomic E-state index is -1.07. The van der Waals surface area contributed by atoms with E-state index in [9.17, 15) is 9.59 Å². The van der Waals surface area contributed by atoms with Crippen LogP contribution in [0.25, 0.3) is 0 Å². The van der Waals surface area contributed by atoms with E-state index in [4.69, 9.17) is 21.4 Å². The molecule has 2 aromatic rings. The predicted octanol–water partition coefficient (Wildman–Crippen LogP) is 2.26. The van der Waals surface area contributed by atoms with E-state index < -0.39 is 11.9 Å². The SMILES string of the molecule is O=C(O)CNC(=O)COCCN1CCN(C(c2ccccc2)c2ccc(Cl)cc2)CC1. The standard InChI is InChI=1S/C23H28ClN3O4/c24-20-8-6-19(7-9-20)23(18-4-2-1-3-5-18)27-12-10-26(11-13-27)14-15-31-17-21(28)25-16-22(29)30/h1-9,23H,10-17H2,(H,25,28)(H,29,30).